The Labute approximate surface area is 127 Å². The predicted octanol–water partition coefficient (Wildman–Crippen LogP) is 4.10. The monoisotopic (exact) mass is 296 g/mol. The molecule has 3 unspecified atom stereocenters. The van der Waals surface area contributed by atoms with Crippen molar-refractivity contribution in [2.45, 2.75) is 65.7 Å². The highest BCUT2D eigenvalue weighted by Crippen LogP contribution is 2.54. The van der Waals surface area contributed by atoms with E-state index in [0.717, 1.165) is 32.1 Å². The highest BCUT2D eigenvalue weighted by atomic mass is 16.4. The van der Waals surface area contributed by atoms with Gasteiger partial charge in [0.15, 0.2) is 0 Å². The molecule has 0 spiro atoms. The summed E-state index contributed by atoms with van der Waals surface area (Å²) in [5, 5.41) is 19.5. The minimum absolute atomic E-state index is 0.155. The SMILES string of the molecule is CCCCCCC(C)C1(C(=O)O)CC=CCC1(C)C(=O)O. The van der Waals surface area contributed by atoms with Crippen molar-refractivity contribution in [3.8, 4) is 0 Å². The van der Waals surface area contributed by atoms with Crippen molar-refractivity contribution in [3.05, 3.63) is 12.2 Å². The average molecular weight is 296 g/mol. The molecule has 0 aromatic carbocycles. The molecule has 0 saturated heterocycles. The zero-order valence-electron chi connectivity index (χ0n) is 13.4. The molecule has 2 N–H and O–H groups in total. The lowest BCUT2D eigenvalue weighted by Crippen LogP contribution is -2.55. The van der Waals surface area contributed by atoms with Gasteiger partial charge < -0.3 is 10.2 Å². The molecule has 0 aromatic heterocycles. The molecule has 1 aliphatic carbocycles. The summed E-state index contributed by atoms with van der Waals surface area (Å²) in [6, 6.07) is 0. The Morgan fingerprint density at radius 3 is 2.24 bits per heavy atom. The van der Waals surface area contributed by atoms with Gasteiger partial charge in [-0.3, -0.25) is 9.59 Å². The maximum Gasteiger partial charge on any atom is 0.311 e. The van der Waals surface area contributed by atoms with Crippen LogP contribution >= 0.6 is 0 Å². The zero-order valence-corrected chi connectivity index (χ0v) is 13.4. The van der Waals surface area contributed by atoms with Crippen LogP contribution in [0.25, 0.3) is 0 Å². The fourth-order valence-electron chi connectivity index (χ4n) is 3.68. The fraction of sp³-hybridized carbons (Fsp3) is 0.765. The summed E-state index contributed by atoms with van der Waals surface area (Å²) >= 11 is 0. The fourth-order valence-corrected chi connectivity index (χ4v) is 3.68. The largest absolute Gasteiger partial charge is 0.481 e. The summed E-state index contributed by atoms with van der Waals surface area (Å²) in [6.07, 6.45) is 9.31. The maximum atomic E-state index is 12.0. The standard InChI is InChI=1S/C17H28O4/c1-4-5-6-7-10-13(2)17(15(20)21)12-9-8-11-16(17,3)14(18)19/h8-9,13H,4-7,10-12H2,1-3H3,(H,18,19)(H,20,21). The molecule has 4 nitrogen and oxygen atoms in total. The van der Waals surface area contributed by atoms with E-state index in [1.54, 1.807) is 13.0 Å². The summed E-state index contributed by atoms with van der Waals surface area (Å²) in [5.74, 6) is -2.13. The highest BCUT2D eigenvalue weighted by molar-refractivity contribution is 5.87. The number of unbranched alkanes of at least 4 members (excludes halogenated alkanes) is 3. The maximum absolute atomic E-state index is 12.0. The number of allylic oxidation sites excluding steroid dienone is 2. The third kappa shape index (κ3) is 3.14. The molecule has 1 rings (SSSR count). The number of hydrogen-bond donors (Lipinski definition) is 2. The third-order valence-corrected chi connectivity index (χ3v) is 5.30. The molecule has 0 aliphatic heterocycles. The van der Waals surface area contributed by atoms with Crippen LogP contribution in [0, 0.1) is 16.7 Å². The first-order valence-electron chi connectivity index (χ1n) is 7.94. The van der Waals surface area contributed by atoms with Crippen LogP contribution in [0.4, 0.5) is 0 Å². The lowest BCUT2D eigenvalue weighted by Gasteiger charge is -2.48. The van der Waals surface area contributed by atoms with Crippen LogP contribution in [-0.4, -0.2) is 22.2 Å². The lowest BCUT2D eigenvalue weighted by molar-refractivity contribution is -0.179. The molecule has 120 valence electrons. The highest BCUT2D eigenvalue weighted by Gasteiger charge is 2.60. The molecule has 0 bridgehead atoms. The molecule has 0 radical (unpaired) electrons. The van der Waals surface area contributed by atoms with Gasteiger partial charge in [-0.25, -0.2) is 0 Å². The Bertz CT molecular complexity index is 415. The summed E-state index contributed by atoms with van der Waals surface area (Å²) in [6.45, 7) is 5.63. The van der Waals surface area contributed by atoms with Gasteiger partial charge in [-0.05, 0) is 32.1 Å². The quantitative estimate of drug-likeness (QED) is 0.522. The van der Waals surface area contributed by atoms with Gasteiger partial charge >= 0.3 is 11.9 Å². The van der Waals surface area contributed by atoms with E-state index in [9.17, 15) is 19.8 Å². The normalized spacial score (nSPS) is 30.0. The van der Waals surface area contributed by atoms with Crippen molar-refractivity contribution in [2.24, 2.45) is 16.7 Å². The van der Waals surface area contributed by atoms with Crippen LogP contribution in [0.3, 0.4) is 0 Å². The van der Waals surface area contributed by atoms with E-state index in [1.165, 1.54) is 0 Å². The smallest absolute Gasteiger partial charge is 0.311 e. The second kappa shape index (κ2) is 7.10. The van der Waals surface area contributed by atoms with E-state index in [0.29, 0.717) is 6.42 Å². The van der Waals surface area contributed by atoms with E-state index < -0.39 is 22.8 Å². The lowest BCUT2D eigenvalue weighted by atomic mass is 9.53. The minimum Gasteiger partial charge on any atom is -0.481 e. The first-order valence-corrected chi connectivity index (χ1v) is 7.94. The Balaban J connectivity index is 3.03. The van der Waals surface area contributed by atoms with Crippen LogP contribution in [0.15, 0.2) is 12.2 Å². The molecule has 0 aromatic rings. The van der Waals surface area contributed by atoms with Gasteiger partial charge in [-0.15, -0.1) is 0 Å². The summed E-state index contributed by atoms with van der Waals surface area (Å²) < 4.78 is 0. The molecular weight excluding hydrogens is 268 g/mol. The van der Waals surface area contributed by atoms with Crippen molar-refractivity contribution >= 4 is 11.9 Å². The minimum atomic E-state index is -1.24. The second-order valence-electron chi connectivity index (χ2n) is 6.54. The van der Waals surface area contributed by atoms with Crippen molar-refractivity contribution < 1.29 is 19.8 Å². The van der Waals surface area contributed by atoms with E-state index in [-0.39, 0.29) is 12.3 Å². The van der Waals surface area contributed by atoms with Gasteiger partial charge in [0.05, 0.1) is 10.8 Å². The number of rotatable bonds is 8. The van der Waals surface area contributed by atoms with Crippen molar-refractivity contribution in [1.29, 1.82) is 0 Å². The van der Waals surface area contributed by atoms with Crippen molar-refractivity contribution in [2.75, 3.05) is 0 Å². The van der Waals surface area contributed by atoms with Gasteiger partial charge in [0.25, 0.3) is 0 Å². The number of carboxylic acids is 2. The zero-order chi connectivity index (χ0) is 16.1. The van der Waals surface area contributed by atoms with Gasteiger partial charge in [0, 0.05) is 0 Å². The molecular formula is C17H28O4. The van der Waals surface area contributed by atoms with E-state index in [2.05, 4.69) is 6.92 Å². The van der Waals surface area contributed by atoms with Gasteiger partial charge in [0.1, 0.15) is 0 Å². The van der Waals surface area contributed by atoms with E-state index in [1.807, 2.05) is 13.0 Å². The number of aliphatic carboxylic acids is 2. The first-order chi connectivity index (χ1) is 9.83. The molecule has 3 atom stereocenters. The Hall–Kier alpha value is -1.32. The molecule has 0 saturated carbocycles. The number of carbonyl (C=O) groups is 2. The molecule has 0 heterocycles. The van der Waals surface area contributed by atoms with Crippen LogP contribution in [0.1, 0.15) is 65.7 Å². The third-order valence-electron chi connectivity index (χ3n) is 5.30. The molecule has 4 heteroatoms. The number of carboxylic acid groups (broad SMARTS) is 2. The number of hydrogen-bond acceptors (Lipinski definition) is 2. The van der Waals surface area contributed by atoms with Gasteiger partial charge in [-0.1, -0.05) is 51.7 Å². The molecule has 21 heavy (non-hydrogen) atoms. The van der Waals surface area contributed by atoms with Gasteiger partial charge in [-0.2, -0.15) is 0 Å². The van der Waals surface area contributed by atoms with Gasteiger partial charge in [0.2, 0.25) is 0 Å². The Morgan fingerprint density at radius 2 is 1.71 bits per heavy atom. The van der Waals surface area contributed by atoms with Crippen LogP contribution in [0.2, 0.25) is 0 Å². The molecule has 0 fully saturated rings. The average Bonchev–Trinajstić information content (AvgIpc) is 2.43. The van der Waals surface area contributed by atoms with Crippen molar-refractivity contribution in [3.63, 3.8) is 0 Å². The molecule has 1 aliphatic rings. The second-order valence-corrected chi connectivity index (χ2v) is 6.54. The first kappa shape index (κ1) is 17.7. The van der Waals surface area contributed by atoms with Crippen LogP contribution in [0.5, 0.6) is 0 Å². The summed E-state index contributed by atoms with van der Waals surface area (Å²) in [4.78, 5) is 23.8. The molecule has 0 amide bonds. The van der Waals surface area contributed by atoms with Crippen LogP contribution < -0.4 is 0 Å². The summed E-state index contributed by atoms with van der Waals surface area (Å²) in [5.41, 5.74) is -2.45. The van der Waals surface area contributed by atoms with E-state index in [4.69, 9.17) is 0 Å². The summed E-state index contributed by atoms with van der Waals surface area (Å²) in [7, 11) is 0. The Kier molecular flexibility index (Phi) is 5.99. The van der Waals surface area contributed by atoms with Crippen LogP contribution in [-0.2, 0) is 9.59 Å². The predicted molar refractivity (Wildman–Crippen MR) is 82.1 cm³/mol. The topological polar surface area (TPSA) is 74.6 Å². The van der Waals surface area contributed by atoms with E-state index >= 15 is 0 Å². The van der Waals surface area contributed by atoms with Crippen molar-refractivity contribution in [1.82, 2.24) is 0 Å². The Morgan fingerprint density at radius 1 is 1.10 bits per heavy atom.